The van der Waals surface area contributed by atoms with E-state index in [1.54, 1.807) is 6.07 Å². The fourth-order valence-electron chi connectivity index (χ4n) is 3.99. The van der Waals surface area contributed by atoms with E-state index >= 15 is 0 Å². The van der Waals surface area contributed by atoms with Crippen LogP contribution in [0.3, 0.4) is 0 Å². The second-order valence-corrected chi connectivity index (χ2v) is 8.87. The average Bonchev–Trinajstić information content (AvgIpc) is 2.77. The Hall–Kier alpha value is -2.46. The van der Waals surface area contributed by atoms with E-state index in [1.165, 1.54) is 12.1 Å². The quantitative estimate of drug-likeness (QED) is 0.418. The molecule has 158 valence electrons. The highest BCUT2D eigenvalue weighted by Crippen LogP contribution is 2.35. The lowest BCUT2D eigenvalue weighted by Crippen LogP contribution is -2.48. The SMILES string of the molecule is N#Cc1cc(Br)ccc1N1CCN(Cc2ccc(F)c(F)c2)CC1c1ccc(Cl)cc1. The van der Waals surface area contributed by atoms with Gasteiger partial charge in [-0.2, -0.15) is 5.26 Å². The van der Waals surface area contributed by atoms with Crippen molar-refractivity contribution in [1.29, 1.82) is 5.26 Å². The smallest absolute Gasteiger partial charge is 0.159 e. The fraction of sp³-hybridized carbons (Fsp3) is 0.208. The third-order valence-electron chi connectivity index (χ3n) is 5.50. The van der Waals surface area contributed by atoms with Crippen LogP contribution < -0.4 is 4.90 Å². The van der Waals surface area contributed by atoms with E-state index in [0.29, 0.717) is 30.2 Å². The van der Waals surface area contributed by atoms with Gasteiger partial charge in [0.1, 0.15) is 6.07 Å². The molecule has 1 fully saturated rings. The van der Waals surface area contributed by atoms with Gasteiger partial charge in [-0.05, 0) is 53.6 Å². The van der Waals surface area contributed by atoms with Crippen LogP contribution in [0.2, 0.25) is 5.02 Å². The Labute approximate surface area is 193 Å². The van der Waals surface area contributed by atoms with Gasteiger partial charge in [0.25, 0.3) is 0 Å². The molecule has 1 unspecified atom stereocenters. The Kier molecular flexibility index (Phi) is 6.57. The number of nitriles is 1. The van der Waals surface area contributed by atoms with Gasteiger partial charge in [0, 0.05) is 35.7 Å². The van der Waals surface area contributed by atoms with Crippen LogP contribution in [0.1, 0.15) is 22.7 Å². The predicted molar refractivity (Wildman–Crippen MR) is 122 cm³/mol. The standard InChI is InChI=1S/C24H19BrClF2N3/c25-19-4-8-23(18(12-19)13-29)31-10-9-30(14-16-1-7-21(27)22(28)11-16)15-24(31)17-2-5-20(26)6-3-17/h1-8,11-12,24H,9-10,14-15H2. The van der Waals surface area contributed by atoms with Crippen molar-refractivity contribution in [2.45, 2.75) is 12.6 Å². The number of benzene rings is 3. The highest BCUT2D eigenvalue weighted by atomic mass is 79.9. The molecule has 0 aromatic heterocycles. The molecule has 3 aromatic rings. The van der Waals surface area contributed by atoms with E-state index < -0.39 is 11.6 Å². The normalized spacial score (nSPS) is 16.9. The summed E-state index contributed by atoms with van der Waals surface area (Å²) in [4.78, 5) is 4.45. The van der Waals surface area contributed by atoms with Gasteiger partial charge in [-0.25, -0.2) is 8.78 Å². The summed E-state index contributed by atoms with van der Waals surface area (Å²) in [5.41, 5.74) is 3.27. The molecule has 0 N–H and O–H groups in total. The Morgan fingerprint density at radius 1 is 1.00 bits per heavy atom. The summed E-state index contributed by atoms with van der Waals surface area (Å²) in [6.07, 6.45) is 0. The van der Waals surface area contributed by atoms with Crippen LogP contribution in [0.15, 0.2) is 65.1 Å². The summed E-state index contributed by atoms with van der Waals surface area (Å²) < 4.78 is 27.8. The zero-order chi connectivity index (χ0) is 22.0. The number of hydrogen-bond donors (Lipinski definition) is 0. The molecule has 1 saturated heterocycles. The summed E-state index contributed by atoms with van der Waals surface area (Å²) >= 11 is 9.53. The van der Waals surface area contributed by atoms with Crippen molar-refractivity contribution in [3.8, 4) is 6.07 Å². The first kappa shape index (κ1) is 21.8. The molecular formula is C24H19BrClF2N3. The number of anilines is 1. The second-order valence-electron chi connectivity index (χ2n) is 7.52. The first-order valence-electron chi connectivity index (χ1n) is 9.82. The van der Waals surface area contributed by atoms with Crippen LogP contribution in [0, 0.1) is 23.0 Å². The topological polar surface area (TPSA) is 30.3 Å². The molecule has 1 heterocycles. The van der Waals surface area contributed by atoms with Gasteiger partial charge in [-0.15, -0.1) is 0 Å². The third kappa shape index (κ3) is 4.90. The second kappa shape index (κ2) is 9.35. The summed E-state index contributed by atoms with van der Waals surface area (Å²) in [6.45, 7) is 2.60. The van der Waals surface area contributed by atoms with Gasteiger partial charge < -0.3 is 4.90 Å². The molecular weight excluding hydrogens is 484 g/mol. The molecule has 0 saturated carbocycles. The zero-order valence-corrected chi connectivity index (χ0v) is 18.9. The minimum absolute atomic E-state index is 0.0235. The van der Waals surface area contributed by atoms with E-state index in [1.807, 2.05) is 42.5 Å². The molecule has 0 amide bonds. The minimum Gasteiger partial charge on any atom is -0.361 e. The van der Waals surface area contributed by atoms with Crippen molar-refractivity contribution < 1.29 is 8.78 Å². The molecule has 31 heavy (non-hydrogen) atoms. The van der Waals surface area contributed by atoms with Crippen LogP contribution in [0.4, 0.5) is 14.5 Å². The molecule has 0 radical (unpaired) electrons. The van der Waals surface area contributed by atoms with Gasteiger partial charge in [-0.3, -0.25) is 4.90 Å². The molecule has 1 aliphatic rings. The lowest BCUT2D eigenvalue weighted by molar-refractivity contribution is 0.215. The van der Waals surface area contributed by atoms with E-state index in [4.69, 9.17) is 11.6 Å². The monoisotopic (exact) mass is 501 g/mol. The zero-order valence-electron chi connectivity index (χ0n) is 16.5. The Bertz CT molecular complexity index is 1130. The predicted octanol–water partition coefficient (Wildman–Crippen LogP) is 6.32. The van der Waals surface area contributed by atoms with Crippen LogP contribution >= 0.6 is 27.5 Å². The maximum atomic E-state index is 13.7. The molecule has 0 aliphatic carbocycles. The molecule has 0 bridgehead atoms. The van der Waals surface area contributed by atoms with Gasteiger partial charge in [0.05, 0.1) is 17.3 Å². The Morgan fingerprint density at radius 3 is 2.48 bits per heavy atom. The first-order valence-corrected chi connectivity index (χ1v) is 11.0. The molecule has 1 atom stereocenters. The summed E-state index contributed by atoms with van der Waals surface area (Å²) in [6, 6.07) is 19.7. The third-order valence-corrected chi connectivity index (χ3v) is 6.24. The molecule has 4 rings (SSSR count). The molecule has 1 aliphatic heterocycles. The number of halogens is 4. The molecule has 3 nitrogen and oxygen atoms in total. The van der Waals surface area contributed by atoms with Crippen molar-refractivity contribution in [1.82, 2.24) is 4.90 Å². The van der Waals surface area contributed by atoms with E-state index in [-0.39, 0.29) is 6.04 Å². The van der Waals surface area contributed by atoms with Gasteiger partial charge in [0.2, 0.25) is 0 Å². The van der Waals surface area contributed by atoms with E-state index in [2.05, 4.69) is 31.8 Å². The van der Waals surface area contributed by atoms with E-state index in [0.717, 1.165) is 27.8 Å². The van der Waals surface area contributed by atoms with Crippen LogP contribution in [0.5, 0.6) is 0 Å². The number of nitrogens with zero attached hydrogens (tertiary/aromatic N) is 3. The highest BCUT2D eigenvalue weighted by Gasteiger charge is 2.30. The summed E-state index contributed by atoms with van der Waals surface area (Å²) in [7, 11) is 0. The summed E-state index contributed by atoms with van der Waals surface area (Å²) in [5.74, 6) is -1.68. The number of hydrogen-bond acceptors (Lipinski definition) is 3. The lowest BCUT2D eigenvalue weighted by Gasteiger charge is -2.43. The van der Waals surface area contributed by atoms with Crippen molar-refractivity contribution in [3.63, 3.8) is 0 Å². The van der Waals surface area contributed by atoms with Crippen LogP contribution in [-0.4, -0.2) is 24.5 Å². The van der Waals surface area contributed by atoms with Crippen molar-refractivity contribution >= 4 is 33.2 Å². The van der Waals surface area contributed by atoms with E-state index in [9.17, 15) is 14.0 Å². The largest absolute Gasteiger partial charge is 0.361 e. The van der Waals surface area contributed by atoms with Crippen molar-refractivity contribution in [3.05, 3.63) is 98.5 Å². The lowest BCUT2D eigenvalue weighted by atomic mass is 9.99. The van der Waals surface area contributed by atoms with Gasteiger partial charge >= 0.3 is 0 Å². The van der Waals surface area contributed by atoms with Crippen molar-refractivity contribution in [2.24, 2.45) is 0 Å². The molecule has 3 aromatic carbocycles. The first-order chi connectivity index (χ1) is 14.9. The summed E-state index contributed by atoms with van der Waals surface area (Å²) in [5, 5.41) is 10.3. The number of piperazine rings is 1. The van der Waals surface area contributed by atoms with Crippen LogP contribution in [0.25, 0.3) is 0 Å². The number of rotatable bonds is 4. The van der Waals surface area contributed by atoms with Gasteiger partial charge in [-0.1, -0.05) is 45.7 Å². The maximum absolute atomic E-state index is 13.7. The molecule has 0 spiro atoms. The molecule has 7 heteroatoms. The maximum Gasteiger partial charge on any atom is 0.159 e. The van der Waals surface area contributed by atoms with Gasteiger partial charge in [0.15, 0.2) is 11.6 Å². The Balaban J connectivity index is 1.65. The fourth-order valence-corrected chi connectivity index (χ4v) is 4.47. The Morgan fingerprint density at radius 2 is 1.77 bits per heavy atom. The van der Waals surface area contributed by atoms with Crippen molar-refractivity contribution in [2.75, 3.05) is 24.5 Å². The van der Waals surface area contributed by atoms with Crippen LogP contribution in [-0.2, 0) is 6.54 Å². The highest BCUT2D eigenvalue weighted by molar-refractivity contribution is 9.10. The minimum atomic E-state index is -0.841. The average molecular weight is 503 g/mol.